The fourth-order valence-corrected chi connectivity index (χ4v) is 2.74. The topological polar surface area (TPSA) is 54.9 Å². The van der Waals surface area contributed by atoms with Crippen LogP contribution in [0.25, 0.3) is 0 Å². The van der Waals surface area contributed by atoms with E-state index in [-0.39, 0.29) is 5.91 Å². The number of halogens is 1. The lowest BCUT2D eigenvalue weighted by molar-refractivity contribution is -0.123. The van der Waals surface area contributed by atoms with E-state index in [4.69, 9.17) is 11.6 Å². The third-order valence-corrected chi connectivity index (χ3v) is 3.83. The standard InChI is InChI=1S/C13H22ClN3OS/c1-13(2,3)12(18)15-10-7-9(8-19(4,5)6)11(14)17-16-10/h7H,8H2,1-6H3,(H,15,16,18). The van der Waals surface area contributed by atoms with Crippen LogP contribution in [0.4, 0.5) is 5.82 Å². The third kappa shape index (κ3) is 5.37. The molecule has 0 aliphatic carbocycles. The molecule has 0 aliphatic rings. The molecule has 0 aromatic carbocycles. The Labute approximate surface area is 121 Å². The molecule has 0 aliphatic heterocycles. The molecule has 1 aromatic heterocycles. The van der Waals surface area contributed by atoms with Crippen molar-refractivity contribution in [1.29, 1.82) is 0 Å². The number of nitrogens with zero attached hydrogens (tertiary/aromatic N) is 2. The molecule has 0 saturated carbocycles. The summed E-state index contributed by atoms with van der Waals surface area (Å²) >= 11 is 6.06. The van der Waals surface area contributed by atoms with E-state index >= 15 is 0 Å². The molecule has 0 atom stereocenters. The lowest BCUT2D eigenvalue weighted by Gasteiger charge is -2.25. The first-order chi connectivity index (χ1) is 8.49. The van der Waals surface area contributed by atoms with Gasteiger partial charge in [0, 0.05) is 16.7 Å². The van der Waals surface area contributed by atoms with Gasteiger partial charge >= 0.3 is 0 Å². The summed E-state index contributed by atoms with van der Waals surface area (Å²) in [4.78, 5) is 11.9. The molecule has 1 heterocycles. The van der Waals surface area contributed by atoms with Crippen molar-refractivity contribution in [3.63, 3.8) is 0 Å². The quantitative estimate of drug-likeness (QED) is 0.932. The molecule has 1 amide bonds. The van der Waals surface area contributed by atoms with E-state index in [1.165, 1.54) is 0 Å². The molecule has 1 aromatic rings. The summed E-state index contributed by atoms with van der Waals surface area (Å²) in [5.74, 6) is 1.24. The summed E-state index contributed by atoms with van der Waals surface area (Å²) in [6.45, 7) is 5.56. The van der Waals surface area contributed by atoms with Crippen LogP contribution in [0.3, 0.4) is 0 Å². The van der Waals surface area contributed by atoms with Gasteiger partial charge in [0.25, 0.3) is 0 Å². The first-order valence-electron chi connectivity index (χ1n) is 5.98. The van der Waals surface area contributed by atoms with Gasteiger partial charge in [-0.1, -0.05) is 32.4 Å². The van der Waals surface area contributed by atoms with Crippen LogP contribution in [0.2, 0.25) is 5.15 Å². The molecule has 108 valence electrons. The summed E-state index contributed by atoms with van der Waals surface area (Å²) < 4.78 is 0. The molecule has 4 nitrogen and oxygen atoms in total. The zero-order chi connectivity index (χ0) is 14.8. The number of hydrogen-bond acceptors (Lipinski definition) is 3. The number of nitrogens with one attached hydrogen (secondary N) is 1. The zero-order valence-corrected chi connectivity index (χ0v) is 13.9. The number of anilines is 1. The minimum atomic E-state index is -0.738. The SMILES string of the molecule is CC(C)(C)C(=O)Nc1cc(CS(C)(C)C)c(Cl)nn1. The Bertz CT molecular complexity index is 478. The number of carbonyl (C=O) groups excluding carboxylic acids is 1. The first-order valence-corrected chi connectivity index (χ1v) is 9.39. The molecular formula is C13H22ClN3OS. The lowest BCUT2D eigenvalue weighted by Crippen LogP contribution is -2.28. The molecule has 1 rings (SSSR count). The Morgan fingerprint density at radius 2 is 1.89 bits per heavy atom. The van der Waals surface area contributed by atoms with Crippen molar-refractivity contribution >= 4 is 33.4 Å². The molecule has 6 heteroatoms. The molecule has 0 spiro atoms. The van der Waals surface area contributed by atoms with Gasteiger partial charge in [0.05, 0.1) is 0 Å². The average Bonchev–Trinajstić information content (AvgIpc) is 2.19. The fourth-order valence-electron chi connectivity index (χ4n) is 1.35. The highest BCUT2D eigenvalue weighted by atomic mass is 35.5. The summed E-state index contributed by atoms with van der Waals surface area (Å²) in [5, 5.41) is 11.0. The van der Waals surface area contributed by atoms with Gasteiger partial charge in [-0.15, -0.1) is 10.2 Å². The van der Waals surface area contributed by atoms with Crippen LogP contribution in [-0.4, -0.2) is 34.9 Å². The number of carbonyl (C=O) groups is 1. The van der Waals surface area contributed by atoms with Crippen LogP contribution in [-0.2, 0) is 10.5 Å². The Balaban J connectivity index is 2.94. The Morgan fingerprint density at radius 1 is 1.32 bits per heavy atom. The molecule has 0 radical (unpaired) electrons. The highest BCUT2D eigenvalue weighted by Gasteiger charge is 2.22. The lowest BCUT2D eigenvalue weighted by atomic mass is 9.96. The van der Waals surface area contributed by atoms with Crippen molar-refractivity contribution in [2.24, 2.45) is 5.41 Å². The van der Waals surface area contributed by atoms with Crippen LogP contribution < -0.4 is 5.32 Å². The van der Waals surface area contributed by atoms with E-state index < -0.39 is 15.4 Å². The second-order valence-corrected chi connectivity index (χ2v) is 11.3. The number of rotatable bonds is 3. The molecular weight excluding hydrogens is 282 g/mol. The third-order valence-electron chi connectivity index (χ3n) is 2.33. The second kappa shape index (κ2) is 5.67. The van der Waals surface area contributed by atoms with Crippen LogP contribution in [0.15, 0.2) is 6.07 Å². The van der Waals surface area contributed by atoms with Crippen molar-refractivity contribution in [2.75, 3.05) is 24.1 Å². The van der Waals surface area contributed by atoms with E-state index in [0.717, 1.165) is 11.3 Å². The van der Waals surface area contributed by atoms with E-state index in [2.05, 4.69) is 34.3 Å². The molecule has 19 heavy (non-hydrogen) atoms. The van der Waals surface area contributed by atoms with Gasteiger partial charge in [-0.25, -0.2) is 10.0 Å². The van der Waals surface area contributed by atoms with E-state index in [1.807, 2.05) is 26.8 Å². The van der Waals surface area contributed by atoms with Crippen molar-refractivity contribution in [1.82, 2.24) is 10.2 Å². The largest absolute Gasteiger partial charge is 0.309 e. The number of hydrogen-bond donors (Lipinski definition) is 1. The predicted octanol–water partition coefficient (Wildman–Crippen LogP) is 3.31. The van der Waals surface area contributed by atoms with Gasteiger partial charge in [0.1, 0.15) is 0 Å². The van der Waals surface area contributed by atoms with E-state index in [9.17, 15) is 4.79 Å². The molecule has 0 saturated heterocycles. The number of amides is 1. The summed E-state index contributed by atoms with van der Waals surface area (Å²) in [7, 11) is -0.738. The molecule has 0 bridgehead atoms. The molecule has 0 fully saturated rings. The van der Waals surface area contributed by atoms with Gasteiger partial charge in [-0.3, -0.25) is 4.79 Å². The van der Waals surface area contributed by atoms with E-state index in [0.29, 0.717) is 11.0 Å². The highest BCUT2D eigenvalue weighted by molar-refractivity contribution is 8.31. The van der Waals surface area contributed by atoms with Crippen molar-refractivity contribution in [3.8, 4) is 0 Å². The minimum Gasteiger partial charge on any atom is -0.309 e. The predicted molar refractivity (Wildman–Crippen MR) is 84.2 cm³/mol. The smallest absolute Gasteiger partial charge is 0.230 e. The second-order valence-electron chi connectivity index (χ2n) is 6.48. The Hall–Kier alpha value is -0.810. The maximum atomic E-state index is 11.9. The first kappa shape index (κ1) is 16.2. The number of aromatic nitrogens is 2. The Kier molecular flexibility index (Phi) is 4.85. The maximum Gasteiger partial charge on any atom is 0.230 e. The van der Waals surface area contributed by atoms with Crippen molar-refractivity contribution in [2.45, 2.75) is 26.5 Å². The monoisotopic (exact) mass is 303 g/mol. The fraction of sp³-hybridized carbons (Fsp3) is 0.615. The van der Waals surface area contributed by atoms with Crippen molar-refractivity contribution < 1.29 is 4.79 Å². The van der Waals surface area contributed by atoms with Crippen LogP contribution in [0.1, 0.15) is 26.3 Å². The van der Waals surface area contributed by atoms with Gasteiger partial charge in [-0.2, -0.15) is 0 Å². The molecule has 1 N–H and O–H groups in total. The molecule has 0 unspecified atom stereocenters. The van der Waals surface area contributed by atoms with Gasteiger partial charge in [0.2, 0.25) is 5.91 Å². The van der Waals surface area contributed by atoms with E-state index in [1.54, 1.807) is 0 Å². The van der Waals surface area contributed by atoms with Crippen LogP contribution >= 0.6 is 21.6 Å². The summed E-state index contributed by atoms with van der Waals surface area (Å²) in [5.41, 5.74) is 0.472. The zero-order valence-electron chi connectivity index (χ0n) is 12.4. The van der Waals surface area contributed by atoms with Gasteiger partial charge in [0.15, 0.2) is 11.0 Å². The van der Waals surface area contributed by atoms with Gasteiger partial charge < -0.3 is 5.32 Å². The van der Waals surface area contributed by atoms with Crippen LogP contribution in [0.5, 0.6) is 0 Å². The maximum absolute atomic E-state index is 11.9. The van der Waals surface area contributed by atoms with Crippen LogP contribution in [0, 0.1) is 5.41 Å². The summed E-state index contributed by atoms with van der Waals surface area (Å²) in [6.07, 6.45) is 6.62. The normalized spacial score (nSPS) is 13.2. The minimum absolute atomic E-state index is 0.0850. The average molecular weight is 304 g/mol. The summed E-state index contributed by atoms with van der Waals surface area (Å²) in [6, 6.07) is 1.82. The van der Waals surface area contributed by atoms with Gasteiger partial charge in [-0.05, 0) is 24.8 Å². The Morgan fingerprint density at radius 3 is 2.37 bits per heavy atom. The van der Waals surface area contributed by atoms with Crippen molar-refractivity contribution in [3.05, 3.63) is 16.8 Å². The highest BCUT2D eigenvalue weighted by Crippen LogP contribution is 2.40.